The lowest BCUT2D eigenvalue weighted by Crippen LogP contribution is -2.44. The quantitative estimate of drug-likeness (QED) is 0.886. The average Bonchev–Trinajstić information content (AvgIpc) is 3.02. The maximum absolute atomic E-state index is 13.7. The van der Waals surface area contributed by atoms with Gasteiger partial charge in [-0.15, -0.1) is 0 Å². The number of nitrogens with one attached hydrogen (secondary N) is 1. The van der Waals surface area contributed by atoms with Crippen molar-refractivity contribution in [3.63, 3.8) is 0 Å². The molecule has 1 aromatic heterocycles. The fourth-order valence-corrected chi connectivity index (χ4v) is 3.91. The number of rotatable bonds is 5. The van der Waals surface area contributed by atoms with E-state index in [1.165, 1.54) is 18.4 Å². The molecular weight excluding hydrogens is 331 g/mol. The second-order valence-corrected chi connectivity index (χ2v) is 7.94. The number of piperidine rings is 1. The summed E-state index contributed by atoms with van der Waals surface area (Å²) in [6.07, 6.45) is 6.20. The fraction of sp³-hybridized carbons (Fsp3) is 0.438. The molecule has 2 heterocycles. The van der Waals surface area contributed by atoms with Crippen molar-refractivity contribution in [3.8, 4) is 5.69 Å². The fourth-order valence-electron chi connectivity index (χ4n) is 3.07. The van der Waals surface area contributed by atoms with Crippen LogP contribution in [0.4, 0.5) is 4.39 Å². The van der Waals surface area contributed by atoms with Gasteiger partial charge in [0.25, 0.3) is 0 Å². The van der Waals surface area contributed by atoms with Crippen LogP contribution in [0.15, 0.2) is 36.7 Å². The van der Waals surface area contributed by atoms with Crippen molar-refractivity contribution in [2.45, 2.75) is 25.4 Å². The SMILES string of the molecule is CS(=O)(=O)NC1CCN(Cc2cc(F)ccc2-n2cccn2)CC1. The molecule has 0 atom stereocenters. The summed E-state index contributed by atoms with van der Waals surface area (Å²) < 4.78 is 40.7. The number of likely N-dealkylation sites (tertiary alicyclic amines) is 1. The van der Waals surface area contributed by atoms with E-state index in [0.717, 1.165) is 37.2 Å². The largest absolute Gasteiger partial charge is 0.299 e. The van der Waals surface area contributed by atoms with Gasteiger partial charge in [-0.3, -0.25) is 4.90 Å². The lowest BCUT2D eigenvalue weighted by Gasteiger charge is -2.32. The third-order valence-electron chi connectivity index (χ3n) is 4.16. The van der Waals surface area contributed by atoms with Gasteiger partial charge in [-0.2, -0.15) is 5.10 Å². The first-order chi connectivity index (χ1) is 11.4. The first-order valence-electron chi connectivity index (χ1n) is 7.89. The third kappa shape index (κ3) is 4.40. The predicted molar refractivity (Wildman–Crippen MR) is 89.8 cm³/mol. The molecule has 2 aromatic rings. The summed E-state index contributed by atoms with van der Waals surface area (Å²) in [4.78, 5) is 2.21. The van der Waals surface area contributed by atoms with Crippen LogP contribution in [-0.4, -0.2) is 48.5 Å². The highest BCUT2D eigenvalue weighted by Gasteiger charge is 2.22. The van der Waals surface area contributed by atoms with Crippen LogP contribution in [-0.2, 0) is 16.6 Å². The van der Waals surface area contributed by atoms with Crippen molar-refractivity contribution in [1.82, 2.24) is 19.4 Å². The highest BCUT2D eigenvalue weighted by molar-refractivity contribution is 7.88. The lowest BCUT2D eigenvalue weighted by atomic mass is 10.0. The molecule has 3 rings (SSSR count). The van der Waals surface area contributed by atoms with E-state index in [-0.39, 0.29) is 11.9 Å². The molecule has 6 nitrogen and oxygen atoms in total. The van der Waals surface area contributed by atoms with Crippen LogP contribution >= 0.6 is 0 Å². The van der Waals surface area contributed by atoms with Crippen LogP contribution in [0.5, 0.6) is 0 Å². The Kier molecular flexibility index (Phi) is 4.98. The Morgan fingerprint density at radius 1 is 1.33 bits per heavy atom. The number of hydrogen-bond donors (Lipinski definition) is 1. The molecule has 0 radical (unpaired) electrons. The summed E-state index contributed by atoms with van der Waals surface area (Å²) in [6, 6.07) is 6.51. The zero-order valence-electron chi connectivity index (χ0n) is 13.5. The average molecular weight is 352 g/mol. The molecule has 24 heavy (non-hydrogen) atoms. The maximum atomic E-state index is 13.7. The maximum Gasteiger partial charge on any atom is 0.208 e. The molecule has 130 valence electrons. The van der Waals surface area contributed by atoms with Crippen LogP contribution in [0.1, 0.15) is 18.4 Å². The van der Waals surface area contributed by atoms with Gasteiger partial charge in [0, 0.05) is 38.1 Å². The molecule has 0 bridgehead atoms. The van der Waals surface area contributed by atoms with Gasteiger partial charge < -0.3 is 0 Å². The van der Waals surface area contributed by atoms with E-state index in [2.05, 4.69) is 14.7 Å². The Morgan fingerprint density at radius 2 is 2.08 bits per heavy atom. The van der Waals surface area contributed by atoms with E-state index < -0.39 is 10.0 Å². The van der Waals surface area contributed by atoms with Crippen molar-refractivity contribution < 1.29 is 12.8 Å². The van der Waals surface area contributed by atoms with E-state index in [1.807, 2.05) is 12.3 Å². The van der Waals surface area contributed by atoms with Gasteiger partial charge in [0.1, 0.15) is 5.82 Å². The zero-order chi connectivity index (χ0) is 17.2. The van der Waals surface area contributed by atoms with E-state index in [9.17, 15) is 12.8 Å². The lowest BCUT2D eigenvalue weighted by molar-refractivity contribution is 0.199. The molecule has 0 unspecified atom stereocenters. The smallest absolute Gasteiger partial charge is 0.208 e. The topological polar surface area (TPSA) is 67.2 Å². The minimum atomic E-state index is -3.17. The molecule has 0 aliphatic carbocycles. The molecule has 0 saturated carbocycles. The Morgan fingerprint density at radius 3 is 2.71 bits per heavy atom. The van der Waals surface area contributed by atoms with Crippen LogP contribution in [0.3, 0.4) is 0 Å². The van der Waals surface area contributed by atoms with Crippen molar-refractivity contribution in [2.75, 3.05) is 19.3 Å². The summed E-state index contributed by atoms with van der Waals surface area (Å²) in [6.45, 7) is 2.14. The minimum absolute atomic E-state index is 0.0191. The van der Waals surface area contributed by atoms with Gasteiger partial charge in [-0.25, -0.2) is 22.2 Å². The summed E-state index contributed by atoms with van der Waals surface area (Å²) in [7, 11) is -3.17. The number of hydrogen-bond acceptors (Lipinski definition) is 4. The molecule has 0 spiro atoms. The van der Waals surface area contributed by atoms with Gasteiger partial charge >= 0.3 is 0 Å². The highest BCUT2D eigenvalue weighted by atomic mass is 32.2. The predicted octanol–water partition coefficient (Wildman–Crippen LogP) is 1.52. The molecule has 1 saturated heterocycles. The van der Waals surface area contributed by atoms with Gasteiger partial charge in [0.2, 0.25) is 10.0 Å². The van der Waals surface area contributed by atoms with Crippen molar-refractivity contribution in [3.05, 3.63) is 48.0 Å². The van der Waals surface area contributed by atoms with Crippen molar-refractivity contribution in [2.24, 2.45) is 0 Å². The minimum Gasteiger partial charge on any atom is -0.299 e. The first-order valence-corrected chi connectivity index (χ1v) is 9.78. The third-order valence-corrected chi connectivity index (χ3v) is 4.92. The Hall–Kier alpha value is -1.77. The first kappa shape index (κ1) is 17.1. The monoisotopic (exact) mass is 352 g/mol. The summed E-state index contributed by atoms with van der Waals surface area (Å²) in [5, 5.41) is 4.22. The zero-order valence-corrected chi connectivity index (χ0v) is 14.3. The summed E-state index contributed by atoms with van der Waals surface area (Å²) in [5.74, 6) is -0.269. The second kappa shape index (κ2) is 7.00. The van der Waals surface area contributed by atoms with E-state index >= 15 is 0 Å². The summed E-state index contributed by atoms with van der Waals surface area (Å²) in [5.41, 5.74) is 1.73. The van der Waals surface area contributed by atoms with Crippen molar-refractivity contribution in [1.29, 1.82) is 0 Å². The molecule has 1 aliphatic heterocycles. The Balaban J connectivity index is 1.68. The molecule has 1 N–H and O–H groups in total. The van der Waals surface area contributed by atoms with Crippen LogP contribution in [0.25, 0.3) is 5.69 Å². The highest BCUT2D eigenvalue weighted by Crippen LogP contribution is 2.20. The standard InChI is InChI=1S/C16H21FN4O2S/c1-24(22,23)19-15-5-9-20(10-6-15)12-13-11-14(17)3-4-16(13)21-8-2-7-18-21/h2-4,7-8,11,15,19H,5-6,9-10,12H2,1H3. The molecule has 1 fully saturated rings. The van der Waals surface area contributed by atoms with E-state index in [4.69, 9.17) is 0 Å². The summed E-state index contributed by atoms with van der Waals surface area (Å²) >= 11 is 0. The molecule has 1 aromatic carbocycles. The second-order valence-electron chi connectivity index (χ2n) is 6.16. The van der Waals surface area contributed by atoms with E-state index in [1.54, 1.807) is 16.9 Å². The molecule has 0 amide bonds. The Labute approximate surface area is 141 Å². The van der Waals surface area contributed by atoms with Crippen molar-refractivity contribution >= 4 is 10.0 Å². The Bertz CT molecular complexity index is 784. The number of benzene rings is 1. The van der Waals surface area contributed by atoms with Gasteiger partial charge in [0.15, 0.2) is 0 Å². The number of halogens is 1. The molecule has 8 heteroatoms. The van der Waals surface area contributed by atoms with Gasteiger partial charge in [0.05, 0.1) is 11.9 Å². The number of sulfonamides is 1. The van der Waals surface area contributed by atoms with E-state index in [0.29, 0.717) is 6.54 Å². The van der Waals surface area contributed by atoms with Crippen LogP contribution < -0.4 is 4.72 Å². The van der Waals surface area contributed by atoms with Gasteiger partial charge in [-0.1, -0.05) is 0 Å². The van der Waals surface area contributed by atoms with Crippen LogP contribution in [0, 0.1) is 5.82 Å². The van der Waals surface area contributed by atoms with Crippen LogP contribution in [0.2, 0.25) is 0 Å². The number of aromatic nitrogens is 2. The van der Waals surface area contributed by atoms with Gasteiger partial charge in [-0.05, 0) is 42.7 Å². The molecule has 1 aliphatic rings. The number of nitrogens with zero attached hydrogens (tertiary/aromatic N) is 3. The molecular formula is C16H21FN4O2S. The normalized spacial score (nSPS) is 17.2.